The standard InChI is InChI=1S/C29H30NO3/c1-20(21-9-3-2-4-10-21)30-17-15-22(16-18-30)27(19-30)33-29(31)28-23-11-5-7-13-25(23)32-26-14-8-6-12-24(26)28/h2-14,20,22,27-28H,15-19H2,1H3/q+1/t20?,22?,27-,30?/m0/s1. The molecule has 3 fully saturated rings. The summed E-state index contributed by atoms with van der Waals surface area (Å²) in [7, 11) is 0. The fraction of sp³-hybridized carbons (Fsp3) is 0.345. The van der Waals surface area contributed by atoms with Crippen LogP contribution >= 0.6 is 0 Å². The summed E-state index contributed by atoms with van der Waals surface area (Å²) in [6.45, 7) is 5.57. The van der Waals surface area contributed by atoms with Crippen LogP contribution in [0.2, 0.25) is 0 Å². The van der Waals surface area contributed by atoms with Crippen LogP contribution in [0.3, 0.4) is 0 Å². The second-order valence-electron chi connectivity index (χ2n) is 9.86. The lowest BCUT2D eigenvalue weighted by molar-refractivity contribution is -0.972. The first-order chi connectivity index (χ1) is 16.1. The minimum atomic E-state index is -0.443. The summed E-state index contributed by atoms with van der Waals surface area (Å²) in [5, 5.41) is 0. The minimum Gasteiger partial charge on any atom is -0.457 e. The van der Waals surface area contributed by atoms with Gasteiger partial charge in [-0.05, 0) is 19.1 Å². The van der Waals surface area contributed by atoms with E-state index in [4.69, 9.17) is 9.47 Å². The number of hydrogen-bond donors (Lipinski definition) is 0. The lowest BCUT2D eigenvalue weighted by atomic mass is 9.81. The maximum atomic E-state index is 13.7. The van der Waals surface area contributed by atoms with Crippen molar-refractivity contribution in [2.24, 2.45) is 5.92 Å². The molecule has 3 saturated heterocycles. The van der Waals surface area contributed by atoms with Gasteiger partial charge >= 0.3 is 5.97 Å². The molecule has 2 bridgehead atoms. The lowest BCUT2D eigenvalue weighted by Gasteiger charge is -2.55. The van der Waals surface area contributed by atoms with Crippen LogP contribution in [0.5, 0.6) is 11.5 Å². The van der Waals surface area contributed by atoms with Crippen LogP contribution in [0.25, 0.3) is 0 Å². The third-order valence-electron chi connectivity index (χ3n) is 8.25. The Morgan fingerprint density at radius 1 is 0.879 bits per heavy atom. The monoisotopic (exact) mass is 440 g/mol. The number of nitrogens with zero attached hydrogens (tertiary/aromatic N) is 1. The van der Waals surface area contributed by atoms with Gasteiger partial charge in [-0.2, -0.15) is 0 Å². The van der Waals surface area contributed by atoms with Crippen LogP contribution < -0.4 is 4.74 Å². The minimum absolute atomic E-state index is 0.0340. The summed E-state index contributed by atoms with van der Waals surface area (Å²) in [5.74, 6) is 1.35. The SMILES string of the molecule is CC(c1ccccc1)[N+]12CCC(CC1)[C@@H](OC(=O)C1c3ccccc3Oc3ccccc31)C2. The summed E-state index contributed by atoms with van der Waals surface area (Å²) >= 11 is 0. The molecule has 0 aromatic heterocycles. The second-order valence-corrected chi connectivity index (χ2v) is 9.86. The molecule has 4 aliphatic rings. The first kappa shape index (κ1) is 20.5. The molecule has 4 heterocycles. The lowest BCUT2D eigenvalue weighted by Crippen LogP contribution is -2.65. The van der Waals surface area contributed by atoms with Gasteiger partial charge in [0.25, 0.3) is 0 Å². The molecule has 0 amide bonds. The molecule has 0 radical (unpaired) electrons. The van der Waals surface area contributed by atoms with Crippen molar-refractivity contribution in [2.45, 2.75) is 37.8 Å². The number of benzene rings is 3. The summed E-state index contributed by atoms with van der Waals surface area (Å²) in [6.07, 6.45) is 2.21. The number of para-hydroxylation sites is 2. The van der Waals surface area contributed by atoms with Crippen molar-refractivity contribution in [3.05, 3.63) is 95.6 Å². The third kappa shape index (κ3) is 3.44. The average molecular weight is 441 g/mol. The van der Waals surface area contributed by atoms with Gasteiger partial charge < -0.3 is 14.0 Å². The second kappa shape index (κ2) is 8.03. The molecular weight excluding hydrogens is 410 g/mol. The predicted molar refractivity (Wildman–Crippen MR) is 127 cm³/mol. The van der Waals surface area contributed by atoms with Crippen molar-refractivity contribution in [2.75, 3.05) is 19.6 Å². The third-order valence-corrected chi connectivity index (χ3v) is 8.25. The summed E-state index contributed by atoms with van der Waals surface area (Å²) in [6, 6.07) is 26.8. The van der Waals surface area contributed by atoms with Gasteiger partial charge in [-0.15, -0.1) is 0 Å². The van der Waals surface area contributed by atoms with Crippen molar-refractivity contribution in [1.29, 1.82) is 0 Å². The number of piperidine rings is 3. The summed E-state index contributed by atoms with van der Waals surface area (Å²) < 4.78 is 13.5. The highest BCUT2D eigenvalue weighted by molar-refractivity contribution is 5.85. The van der Waals surface area contributed by atoms with Gasteiger partial charge in [0.2, 0.25) is 0 Å². The van der Waals surface area contributed by atoms with Crippen LogP contribution in [0.4, 0.5) is 0 Å². The molecule has 4 aliphatic heterocycles. The highest BCUT2D eigenvalue weighted by Crippen LogP contribution is 2.46. The van der Waals surface area contributed by atoms with E-state index in [0.717, 1.165) is 59.6 Å². The maximum absolute atomic E-state index is 13.7. The number of carbonyl (C=O) groups excluding carboxylic acids is 1. The molecule has 3 aromatic rings. The largest absolute Gasteiger partial charge is 0.457 e. The van der Waals surface area contributed by atoms with Gasteiger partial charge in [0.15, 0.2) is 6.10 Å². The van der Waals surface area contributed by atoms with Crippen LogP contribution in [0.15, 0.2) is 78.9 Å². The van der Waals surface area contributed by atoms with Crippen molar-refractivity contribution in [3.63, 3.8) is 0 Å². The number of ether oxygens (including phenoxy) is 2. The number of carbonyl (C=O) groups is 1. The zero-order chi connectivity index (χ0) is 22.4. The van der Waals surface area contributed by atoms with Gasteiger partial charge in [-0.3, -0.25) is 4.79 Å². The molecule has 7 rings (SSSR count). The Morgan fingerprint density at radius 2 is 1.45 bits per heavy atom. The highest BCUT2D eigenvalue weighted by atomic mass is 16.5. The summed E-state index contributed by atoms with van der Waals surface area (Å²) in [5.41, 5.74) is 3.16. The highest BCUT2D eigenvalue weighted by Gasteiger charge is 2.51. The molecule has 0 N–H and O–H groups in total. The van der Waals surface area contributed by atoms with E-state index in [-0.39, 0.29) is 12.1 Å². The van der Waals surface area contributed by atoms with Crippen molar-refractivity contribution in [3.8, 4) is 11.5 Å². The van der Waals surface area contributed by atoms with Gasteiger partial charge in [-0.25, -0.2) is 0 Å². The fourth-order valence-electron chi connectivity index (χ4n) is 6.27. The topological polar surface area (TPSA) is 35.5 Å². The molecule has 4 nitrogen and oxygen atoms in total. The normalized spacial score (nSPS) is 26.6. The molecule has 0 aliphatic carbocycles. The molecule has 168 valence electrons. The average Bonchev–Trinajstić information content (AvgIpc) is 2.88. The molecule has 33 heavy (non-hydrogen) atoms. The predicted octanol–water partition coefficient (Wildman–Crippen LogP) is 5.84. The number of fused-ring (bicyclic) bond motifs is 5. The molecule has 0 spiro atoms. The van der Waals surface area contributed by atoms with Crippen LogP contribution in [-0.4, -0.2) is 36.2 Å². The van der Waals surface area contributed by atoms with E-state index in [1.165, 1.54) is 5.56 Å². The van der Waals surface area contributed by atoms with E-state index in [1.54, 1.807) is 0 Å². The Bertz CT molecular complexity index is 1120. The van der Waals surface area contributed by atoms with E-state index in [9.17, 15) is 4.79 Å². The van der Waals surface area contributed by atoms with Crippen molar-refractivity contribution in [1.82, 2.24) is 0 Å². The van der Waals surface area contributed by atoms with Crippen LogP contribution in [0, 0.1) is 5.92 Å². The van der Waals surface area contributed by atoms with Crippen molar-refractivity contribution < 1.29 is 18.8 Å². The van der Waals surface area contributed by atoms with Crippen LogP contribution in [-0.2, 0) is 9.53 Å². The van der Waals surface area contributed by atoms with E-state index < -0.39 is 5.92 Å². The quantitative estimate of drug-likeness (QED) is 0.378. The number of esters is 1. The Kier molecular flexibility index (Phi) is 4.99. The number of quaternary nitrogens is 1. The van der Waals surface area contributed by atoms with E-state index in [1.807, 2.05) is 48.5 Å². The molecule has 4 heteroatoms. The van der Waals surface area contributed by atoms with Crippen LogP contribution in [0.1, 0.15) is 48.4 Å². The molecule has 1 unspecified atom stereocenters. The van der Waals surface area contributed by atoms with Gasteiger partial charge in [-0.1, -0.05) is 66.7 Å². The molecular formula is C29H30NO3+. The summed E-state index contributed by atoms with van der Waals surface area (Å²) in [4.78, 5) is 13.7. The maximum Gasteiger partial charge on any atom is 0.318 e. The van der Waals surface area contributed by atoms with E-state index in [2.05, 4.69) is 37.3 Å². The van der Waals surface area contributed by atoms with E-state index in [0.29, 0.717) is 12.0 Å². The number of hydrogen-bond acceptors (Lipinski definition) is 3. The first-order valence-electron chi connectivity index (χ1n) is 12.1. The Balaban J connectivity index is 1.28. The Morgan fingerprint density at radius 3 is 2.09 bits per heavy atom. The Labute approximate surface area is 195 Å². The van der Waals surface area contributed by atoms with Crippen molar-refractivity contribution >= 4 is 5.97 Å². The number of rotatable bonds is 4. The molecule has 2 atom stereocenters. The zero-order valence-corrected chi connectivity index (χ0v) is 19.0. The molecule has 3 aromatic carbocycles. The fourth-order valence-corrected chi connectivity index (χ4v) is 6.27. The Hall–Kier alpha value is -3.11. The van der Waals surface area contributed by atoms with Gasteiger partial charge in [0, 0.05) is 35.4 Å². The zero-order valence-electron chi connectivity index (χ0n) is 19.0. The smallest absolute Gasteiger partial charge is 0.318 e. The van der Waals surface area contributed by atoms with E-state index >= 15 is 0 Å². The molecule has 0 saturated carbocycles. The van der Waals surface area contributed by atoms with Gasteiger partial charge in [0.05, 0.1) is 13.1 Å². The van der Waals surface area contributed by atoms with Gasteiger partial charge in [0.1, 0.15) is 30.0 Å². The first-order valence-corrected chi connectivity index (χ1v) is 12.1.